The first-order chi connectivity index (χ1) is 18.2. The van der Waals surface area contributed by atoms with Crippen molar-refractivity contribution in [1.82, 2.24) is 9.88 Å². The minimum Gasteiger partial charge on any atom is -0.497 e. The Morgan fingerprint density at radius 3 is 2.55 bits per heavy atom. The van der Waals surface area contributed by atoms with E-state index in [9.17, 15) is 13.2 Å². The third kappa shape index (κ3) is 5.65. The maximum atomic E-state index is 13.5. The van der Waals surface area contributed by atoms with Crippen LogP contribution < -0.4 is 14.4 Å². The Bertz CT molecular complexity index is 1580. The number of rotatable bonds is 7. The van der Waals surface area contributed by atoms with Crippen molar-refractivity contribution in [2.45, 2.75) is 11.1 Å². The Hall–Kier alpha value is -3.12. The van der Waals surface area contributed by atoms with Gasteiger partial charge in [-0.1, -0.05) is 35.4 Å². The number of carbonyl (C=O) groups excluding carboxylic acids is 1. The second kappa shape index (κ2) is 10.9. The van der Waals surface area contributed by atoms with E-state index in [1.807, 2.05) is 6.07 Å². The average Bonchev–Trinajstić information content (AvgIpc) is 3.58. The molecule has 38 heavy (non-hydrogen) atoms. The van der Waals surface area contributed by atoms with E-state index in [2.05, 4.69) is 40.1 Å². The highest BCUT2D eigenvalue weighted by Crippen LogP contribution is 2.32. The van der Waals surface area contributed by atoms with Crippen LogP contribution in [-0.4, -0.2) is 57.5 Å². The van der Waals surface area contributed by atoms with Gasteiger partial charge >= 0.3 is 0 Å². The number of methoxy groups -OCH3 is 1. The minimum atomic E-state index is -3.93. The summed E-state index contributed by atoms with van der Waals surface area (Å²) < 4.78 is 34.1. The van der Waals surface area contributed by atoms with Gasteiger partial charge < -0.3 is 14.5 Å². The number of benzene rings is 2. The maximum absolute atomic E-state index is 13.5. The first-order valence-electron chi connectivity index (χ1n) is 11.8. The molecule has 5 rings (SSSR count). The maximum Gasteiger partial charge on any atom is 0.271 e. The van der Waals surface area contributed by atoms with Gasteiger partial charge in [-0.25, -0.2) is 13.4 Å². The standard InChI is InChI=1S/C26H25ClN4O4S3/c1-17-4-3-5-18(14-17)22-16-36-26(28-22)31-12-10-30(11-13-31)25(32)20-7-6-19(35-2)15-21(20)29-38(33,34)24-9-8-23(27)37-24/h3-9,14-16,29H,10-13H2,1-2H3. The van der Waals surface area contributed by atoms with E-state index in [4.69, 9.17) is 21.3 Å². The summed E-state index contributed by atoms with van der Waals surface area (Å²) in [5, 5.41) is 2.97. The molecule has 198 valence electrons. The van der Waals surface area contributed by atoms with Gasteiger partial charge in [-0.15, -0.1) is 22.7 Å². The van der Waals surface area contributed by atoms with Crippen LogP contribution in [-0.2, 0) is 10.0 Å². The van der Waals surface area contributed by atoms with Crippen molar-refractivity contribution in [3.05, 3.63) is 75.4 Å². The van der Waals surface area contributed by atoms with Crippen LogP contribution in [0.2, 0.25) is 4.34 Å². The molecule has 0 unspecified atom stereocenters. The normalized spacial score (nSPS) is 14.0. The Balaban J connectivity index is 1.30. The molecule has 0 aliphatic carbocycles. The van der Waals surface area contributed by atoms with E-state index in [1.54, 1.807) is 28.4 Å². The Morgan fingerprint density at radius 2 is 1.87 bits per heavy atom. The zero-order valence-electron chi connectivity index (χ0n) is 20.7. The number of amides is 1. The van der Waals surface area contributed by atoms with Gasteiger partial charge in [0.1, 0.15) is 9.96 Å². The lowest BCUT2D eigenvalue weighted by Crippen LogP contribution is -2.49. The molecule has 1 aliphatic heterocycles. The number of aryl methyl sites for hydroxylation is 1. The molecule has 4 aromatic rings. The number of sulfonamides is 1. The largest absolute Gasteiger partial charge is 0.497 e. The number of hydrogen-bond donors (Lipinski definition) is 1. The van der Waals surface area contributed by atoms with Crippen molar-refractivity contribution in [2.24, 2.45) is 0 Å². The van der Waals surface area contributed by atoms with E-state index in [1.165, 1.54) is 30.9 Å². The van der Waals surface area contributed by atoms with Crippen LogP contribution in [0.4, 0.5) is 10.8 Å². The number of carbonyl (C=O) groups is 1. The number of thiazole rings is 1. The zero-order valence-corrected chi connectivity index (χ0v) is 23.9. The number of hydrogen-bond acceptors (Lipinski definition) is 8. The van der Waals surface area contributed by atoms with Crippen molar-refractivity contribution in [3.63, 3.8) is 0 Å². The monoisotopic (exact) mass is 588 g/mol. The van der Waals surface area contributed by atoms with Gasteiger partial charge in [0.05, 0.1) is 28.4 Å². The summed E-state index contributed by atoms with van der Waals surface area (Å²) in [5.41, 5.74) is 3.61. The number of piperazine rings is 1. The number of nitrogens with zero attached hydrogens (tertiary/aromatic N) is 3. The lowest BCUT2D eigenvalue weighted by atomic mass is 10.1. The van der Waals surface area contributed by atoms with E-state index < -0.39 is 10.0 Å². The van der Waals surface area contributed by atoms with Crippen LogP contribution in [0.25, 0.3) is 11.3 Å². The lowest BCUT2D eigenvalue weighted by molar-refractivity contribution is 0.0748. The van der Waals surface area contributed by atoms with Gasteiger partial charge in [0.15, 0.2) is 5.13 Å². The summed E-state index contributed by atoms with van der Waals surface area (Å²) in [4.78, 5) is 22.2. The topological polar surface area (TPSA) is 91.8 Å². The summed E-state index contributed by atoms with van der Waals surface area (Å²) in [7, 11) is -2.45. The average molecular weight is 589 g/mol. The molecule has 3 heterocycles. The molecule has 12 heteroatoms. The van der Waals surface area contributed by atoms with Gasteiger partial charge in [0.25, 0.3) is 15.9 Å². The number of halogens is 1. The van der Waals surface area contributed by atoms with Crippen LogP contribution in [0.5, 0.6) is 5.75 Å². The third-order valence-electron chi connectivity index (χ3n) is 6.16. The highest BCUT2D eigenvalue weighted by Gasteiger charge is 2.27. The summed E-state index contributed by atoms with van der Waals surface area (Å²) in [6.07, 6.45) is 0. The van der Waals surface area contributed by atoms with Crippen LogP contribution in [0.15, 0.2) is 64.2 Å². The number of aromatic nitrogens is 1. The Morgan fingerprint density at radius 1 is 1.08 bits per heavy atom. The lowest BCUT2D eigenvalue weighted by Gasteiger charge is -2.35. The smallest absolute Gasteiger partial charge is 0.271 e. The van der Waals surface area contributed by atoms with E-state index in [0.29, 0.717) is 36.3 Å². The first-order valence-corrected chi connectivity index (χ1v) is 15.3. The summed E-state index contributed by atoms with van der Waals surface area (Å²) in [6.45, 7) is 4.27. The van der Waals surface area contributed by atoms with Crippen LogP contribution in [0.1, 0.15) is 15.9 Å². The highest BCUT2D eigenvalue weighted by molar-refractivity contribution is 7.94. The molecule has 0 atom stereocenters. The first kappa shape index (κ1) is 26.5. The summed E-state index contributed by atoms with van der Waals surface area (Å²) in [6, 6.07) is 15.9. The molecular formula is C26H25ClN4O4S3. The third-order valence-corrected chi connectivity index (χ3v) is 10.1. The number of anilines is 2. The molecule has 1 fully saturated rings. The quantitative estimate of drug-likeness (QED) is 0.302. The van der Waals surface area contributed by atoms with Crippen molar-refractivity contribution < 1.29 is 17.9 Å². The van der Waals surface area contributed by atoms with Crippen LogP contribution >= 0.6 is 34.3 Å². The summed E-state index contributed by atoms with van der Waals surface area (Å²) >= 11 is 8.46. The van der Waals surface area contributed by atoms with Crippen molar-refractivity contribution in [1.29, 1.82) is 0 Å². The van der Waals surface area contributed by atoms with E-state index in [-0.39, 0.29) is 21.4 Å². The molecule has 8 nitrogen and oxygen atoms in total. The Kier molecular flexibility index (Phi) is 7.62. The molecule has 0 bridgehead atoms. The van der Waals surface area contributed by atoms with Crippen molar-refractivity contribution in [3.8, 4) is 17.0 Å². The highest BCUT2D eigenvalue weighted by atomic mass is 35.5. The fraction of sp³-hybridized carbons (Fsp3) is 0.231. The predicted octanol–water partition coefficient (Wildman–Crippen LogP) is 5.61. The van der Waals surface area contributed by atoms with Crippen molar-refractivity contribution in [2.75, 3.05) is 42.9 Å². The van der Waals surface area contributed by atoms with E-state index >= 15 is 0 Å². The molecule has 2 aromatic heterocycles. The second-order valence-electron chi connectivity index (χ2n) is 8.74. The molecule has 0 spiro atoms. The minimum absolute atomic E-state index is 0.0609. The molecule has 1 N–H and O–H groups in total. The molecule has 1 amide bonds. The molecule has 0 radical (unpaired) electrons. The molecule has 0 saturated carbocycles. The van der Waals surface area contributed by atoms with Gasteiger partial charge in [-0.05, 0) is 37.3 Å². The van der Waals surface area contributed by atoms with Crippen LogP contribution in [0, 0.1) is 6.92 Å². The van der Waals surface area contributed by atoms with Crippen molar-refractivity contribution >= 4 is 61.0 Å². The second-order valence-corrected chi connectivity index (χ2v) is 13.2. The zero-order chi connectivity index (χ0) is 26.9. The fourth-order valence-electron chi connectivity index (χ4n) is 4.18. The Labute approximate surface area is 234 Å². The van der Waals surface area contributed by atoms with Gasteiger partial charge in [0.2, 0.25) is 0 Å². The number of thiophene rings is 1. The number of nitrogens with one attached hydrogen (secondary N) is 1. The molecular weight excluding hydrogens is 564 g/mol. The fourth-order valence-corrected chi connectivity index (χ4v) is 7.62. The summed E-state index contributed by atoms with van der Waals surface area (Å²) in [5.74, 6) is 0.176. The van der Waals surface area contributed by atoms with Gasteiger partial charge in [-0.3, -0.25) is 9.52 Å². The molecule has 2 aromatic carbocycles. The predicted molar refractivity (Wildman–Crippen MR) is 154 cm³/mol. The van der Waals surface area contributed by atoms with E-state index in [0.717, 1.165) is 27.7 Å². The van der Waals surface area contributed by atoms with Gasteiger partial charge in [-0.2, -0.15) is 0 Å². The molecule has 1 saturated heterocycles. The molecule has 1 aliphatic rings. The SMILES string of the molecule is COc1ccc(C(=O)N2CCN(c3nc(-c4cccc(C)c4)cs3)CC2)c(NS(=O)(=O)c2ccc(Cl)s2)c1. The number of ether oxygens (including phenoxy) is 1. The van der Waals surface area contributed by atoms with Crippen LogP contribution in [0.3, 0.4) is 0 Å². The van der Waals surface area contributed by atoms with Gasteiger partial charge in [0, 0.05) is 43.2 Å².